The minimum atomic E-state index is -0.0216. The van der Waals surface area contributed by atoms with E-state index in [0.717, 1.165) is 45.7 Å². The lowest BCUT2D eigenvalue weighted by atomic mass is 9.92. The van der Waals surface area contributed by atoms with Crippen molar-refractivity contribution in [1.82, 2.24) is 20.0 Å². The largest absolute Gasteiger partial charge is 0.327 e. The SMILES string of the molecule is C#CCNC(=O)N1CC[C@H](N2CCN(C)CC2)[C@H](C)C1. The number of hydrogen-bond acceptors (Lipinski definition) is 3. The molecule has 2 heterocycles. The Balaban J connectivity index is 1.83. The Morgan fingerprint density at radius 1 is 1.30 bits per heavy atom. The van der Waals surface area contributed by atoms with Crippen molar-refractivity contribution in [3.05, 3.63) is 0 Å². The molecule has 2 amide bonds. The Morgan fingerprint density at radius 2 is 2.00 bits per heavy atom. The molecule has 2 atom stereocenters. The van der Waals surface area contributed by atoms with E-state index in [1.165, 1.54) is 0 Å². The fourth-order valence-electron chi connectivity index (χ4n) is 3.25. The molecule has 5 heteroatoms. The van der Waals surface area contributed by atoms with Crippen molar-refractivity contribution in [1.29, 1.82) is 0 Å². The summed E-state index contributed by atoms with van der Waals surface area (Å²) in [6, 6.07) is 0.590. The van der Waals surface area contributed by atoms with Gasteiger partial charge in [0.05, 0.1) is 6.54 Å². The van der Waals surface area contributed by atoms with Gasteiger partial charge in [-0.3, -0.25) is 4.90 Å². The van der Waals surface area contributed by atoms with Crippen molar-refractivity contribution in [3.63, 3.8) is 0 Å². The average Bonchev–Trinajstić information content (AvgIpc) is 2.46. The van der Waals surface area contributed by atoms with E-state index >= 15 is 0 Å². The molecule has 0 aromatic carbocycles. The molecule has 0 bridgehead atoms. The number of carbonyl (C=O) groups is 1. The number of carbonyl (C=O) groups excluding carboxylic acids is 1. The van der Waals surface area contributed by atoms with Crippen molar-refractivity contribution in [2.75, 3.05) is 52.9 Å². The number of likely N-dealkylation sites (N-methyl/N-ethyl adjacent to an activating group) is 1. The van der Waals surface area contributed by atoms with Gasteiger partial charge in [0.25, 0.3) is 0 Å². The second-order valence-electron chi connectivity index (χ2n) is 5.98. The molecule has 0 aliphatic carbocycles. The Morgan fingerprint density at radius 3 is 2.60 bits per heavy atom. The molecule has 5 nitrogen and oxygen atoms in total. The molecular formula is C15H26N4O. The molecule has 0 unspecified atom stereocenters. The lowest BCUT2D eigenvalue weighted by Crippen LogP contribution is -2.57. The van der Waals surface area contributed by atoms with Gasteiger partial charge in [-0.05, 0) is 19.4 Å². The molecule has 2 saturated heterocycles. The van der Waals surface area contributed by atoms with E-state index in [0.29, 0.717) is 18.5 Å². The number of hydrogen-bond donors (Lipinski definition) is 1. The van der Waals surface area contributed by atoms with Crippen LogP contribution in [0.3, 0.4) is 0 Å². The van der Waals surface area contributed by atoms with Crippen molar-refractivity contribution in [3.8, 4) is 12.3 Å². The number of nitrogens with one attached hydrogen (secondary N) is 1. The monoisotopic (exact) mass is 278 g/mol. The van der Waals surface area contributed by atoms with Crippen LogP contribution in [0.5, 0.6) is 0 Å². The standard InChI is InChI=1S/C15H26N4O/c1-4-6-16-15(20)19-7-5-14(13(2)12-19)18-10-8-17(3)9-11-18/h1,13-14H,5-12H2,2-3H3,(H,16,20)/t13-,14+/m1/s1. The number of terminal acetylenes is 1. The maximum atomic E-state index is 11.9. The van der Waals surface area contributed by atoms with E-state index in [9.17, 15) is 4.79 Å². The summed E-state index contributed by atoms with van der Waals surface area (Å²) in [5.74, 6) is 2.96. The lowest BCUT2D eigenvalue weighted by Gasteiger charge is -2.45. The Hall–Kier alpha value is -1.25. The average molecular weight is 278 g/mol. The predicted molar refractivity (Wildman–Crippen MR) is 80.4 cm³/mol. The quantitative estimate of drug-likeness (QED) is 0.738. The Labute approximate surface area is 122 Å². The Kier molecular flexibility index (Phi) is 5.27. The molecule has 0 radical (unpaired) electrons. The van der Waals surface area contributed by atoms with Crippen LogP contribution in [0.1, 0.15) is 13.3 Å². The van der Waals surface area contributed by atoms with E-state index in [2.05, 4.69) is 35.0 Å². The van der Waals surface area contributed by atoms with Crippen LogP contribution in [0.2, 0.25) is 0 Å². The molecule has 2 aliphatic rings. The van der Waals surface area contributed by atoms with Gasteiger partial charge < -0.3 is 15.1 Å². The van der Waals surface area contributed by atoms with Crippen molar-refractivity contribution < 1.29 is 4.79 Å². The third-order valence-electron chi connectivity index (χ3n) is 4.50. The third-order valence-corrected chi connectivity index (χ3v) is 4.50. The summed E-state index contributed by atoms with van der Waals surface area (Å²) in [5, 5.41) is 2.75. The fourth-order valence-corrected chi connectivity index (χ4v) is 3.25. The first-order chi connectivity index (χ1) is 9.61. The van der Waals surface area contributed by atoms with E-state index in [4.69, 9.17) is 6.42 Å². The number of piperidine rings is 1. The van der Waals surface area contributed by atoms with E-state index in [1.54, 1.807) is 0 Å². The fraction of sp³-hybridized carbons (Fsp3) is 0.800. The van der Waals surface area contributed by atoms with E-state index < -0.39 is 0 Å². The summed E-state index contributed by atoms with van der Waals surface area (Å²) in [7, 11) is 2.18. The molecule has 0 saturated carbocycles. The first kappa shape index (κ1) is 15.1. The van der Waals surface area contributed by atoms with E-state index in [-0.39, 0.29) is 6.03 Å². The zero-order chi connectivity index (χ0) is 14.5. The first-order valence-electron chi connectivity index (χ1n) is 7.50. The Bertz CT molecular complexity index is 371. The minimum Gasteiger partial charge on any atom is -0.327 e. The number of piperazine rings is 1. The van der Waals surface area contributed by atoms with Crippen LogP contribution < -0.4 is 5.32 Å². The summed E-state index contributed by atoms with van der Waals surface area (Å²) < 4.78 is 0. The maximum Gasteiger partial charge on any atom is 0.318 e. The highest BCUT2D eigenvalue weighted by Gasteiger charge is 2.33. The molecule has 20 heavy (non-hydrogen) atoms. The van der Waals surface area contributed by atoms with Gasteiger partial charge in [-0.2, -0.15) is 0 Å². The van der Waals surface area contributed by atoms with Crippen molar-refractivity contribution in [2.24, 2.45) is 5.92 Å². The summed E-state index contributed by atoms with van der Waals surface area (Å²) >= 11 is 0. The van der Waals surface area contributed by atoms with Crippen LogP contribution in [0.4, 0.5) is 4.79 Å². The van der Waals surface area contributed by atoms with Crippen LogP contribution in [0.15, 0.2) is 0 Å². The van der Waals surface area contributed by atoms with Gasteiger partial charge in [0.15, 0.2) is 0 Å². The molecule has 0 spiro atoms. The van der Waals surface area contributed by atoms with Gasteiger partial charge in [0.1, 0.15) is 0 Å². The highest BCUT2D eigenvalue weighted by Crippen LogP contribution is 2.23. The van der Waals surface area contributed by atoms with Gasteiger partial charge in [-0.15, -0.1) is 6.42 Å². The second-order valence-corrected chi connectivity index (χ2v) is 5.98. The molecule has 2 rings (SSSR count). The molecule has 2 fully saturated rings. The molecule has 0 aromatic rings. The highest BCUT2D eigenvalue weighted by atomic mass is 16.2. The van der Waals surface area contributed by atoms with Gasteiger partial charge in [0.2, 0.25) is 0 Å². The first-order valence-corrected chi connectivity index (χ1v) is 7.50. The van der Waals surface area contributed by atoms with Crippen molar-refractivity contribution in [2.45, 2.75) is 19.4 Å². The summed E-state index contributed by atoms with van der Waals surface area (Å²) in [5.41, 5.74) is 0. The van der Waals surface area contributed by atoms with Crippen LogP contribution >= 0.6 is 0 Å². The smallest absolute Gasteiger partial charge is 0.318 e. The maximum absolute atomic E-state index is 11.9. The summed E-state index contributed by atoms with van der Waals surface area (Å²) in [6.45, 7) is 8.81. The van der Waals surface area contributed by atoms with Crippen LogP contribution in [0, 0.1) is 18.3 Å². The van der Waals surface area contributed by atoms with Gasteiger partial charge in [-0.1, -0.05) is 12.8 Å². The topological polar surface area (TPSA) is 38.8 Å². The molecule has 112 valence electrons. The summed E-state index contributed by atoms with van der Waals surface area (Å²) in [4.78, 5) is 18.8. The highest BCUT2D eigenvalue weighted by molar-refractivity contribution is 5.74. The van der Waals surface area contributed by atoms with Crippen LogP contribution in [-0.2, 0) is 0 Å². The number of urea groups is 1. The van der Waals surface area contributed by atoms with Gasteiger partial charge in [-0.25, -0.2) is 4.79 Å². The van der Waals surface area contributed by atoms with Gasteiger partial charge in [0, 0.05) is 45.3 Å². The van der Waals surface area contributed by atoms with Crippen LogP contribution in [0.25, 0.3) is 0 Å². The minimum absolute atomic E-state index is 0.0216. The predicted octanol–water partition coefficient (Wildman–Crippen LogP) is 0.287. The normalized spacial score (nSPS) is 28.9. The van der Waals surface area contributed by atoms with E-state index in [1.807, 2.05) is 4.90 Å². The molecule has 2 aliphatic heterocycles. The molecule has 0 aromatic heterocycles. The number of rotatable bonds is 2. The van der Waals surface area contributed by atoms with Crippen molar-refractivity contribution >= 4 is 6.03 Å². The second kappa shape index (κ2) is 6.96. The number of amides is 2. The zero-order valence-corrected chi connectivity index (χ0v) is 12.6. The molecule has 1 N–H and O–H groups in total. The third kappa shape index (κ3) is 3.65. The van der Waals surface area contributed by atoms with Crippen LogP contribution in [-0.4, -0.2) is 79.6 Å². The number of nitrogens with zero attached hydrogens (tertiary/aromatic N) is 3. The summed E-state index contributed by atoms with van der Waals surface area (Å²) in [6.07, 6.45) is 6.23. The van der Waals surface area contributed by atoms with Gasteiger partial charge >= 0.3 is 6.03 Å². The molecular weight excluding hydrogens is 252 g/mol. The zero-order valence-electron chi connectivity index (χ0n) is 12.6. The number of likely N-dealkylation sites (tertiary alicyclic amines) is 1. The lowest BCUT2D eigenvalue weighted by molar-refractivity contribution is 0.0443.